The molecule has 0 amide bonds. The minimum Gasteiger partial charge on any atom is -0.381 e. The van der Waals surface area contributed by atoms with Crippen LogP contribution in [0.3, 0.4) is 0 Å². The van der Waals surface area contributed by atoms with E-state index in [1.807, 2.05) is 26.1 Å². The van der Waals surface area contributed by atoms with Crippen molar-refractivity contribution in [1.29, 1.82) is 0 Å². The summed E-state index contributed by atoms with van der Waals surface area (Å²) in [7, 11) is 0.275. The molecule has 8 nitrogen and oxygen atoms in total. The molecule has 1 N–H and O–H groups in total. The molecule has 176 valence electrons. The summed E-state index contributed by atoms with van der Waals surface area (Å²) in [5, 5.41) is 3.37. The Labute approximate surface area is 204 Å². The minimum absolute atomic E-state index is 0. The molecule has 2 aliphatic heterocycles. The molecule has 31 heavy (non-hydrogen) atoms. The lowest BCUT2D eigenvalue weighted by Crippen LogP contribution is -2.47. The Kier molecular flexibility index (Phi) is 10.5. The van der Waals surface area contributed by atoms with Crippen molar-refractivity contribution < 1.29 is 13.2 Å². The van der Waals surface area contributed by atoms with Crippen LogP contribution >= 0.6 is 24.0 Å². The Balaban J connectivity index is 0.00000341. The van der Waals surface area contributed by atoms with E-state index >= 15 is 0 Å². The SMILES string of the molecule is CCOCC1CCN(C(=NC)NCc2ccccc2S(=O)(=O)N2CCN(C)CC2)C1.I. The summed E-state index contributed by atoms with van der Waals surface area (Å²) in [5.74, 6) is 1.31. The topological polar surface area (TPSA) is 77.5 Å². The van der Waals surface area contributed by atoms with E-state index in [1.165, 1.54) is 0 Å². The highest BCUT2D eigenvalue weighted by atomic mass is 127. The zero-order valence-electron chi connectivity index (χ0n) is 18.8. The molecule has 0 radical (unpaired) electrons. The standard InChI is InChI=1S/C21H35N5O3S.HI/c1-4-29-17-18-9-10-25(16-18)21(22-2)23-15-19-7-5-6-8-20(19)30(27,28)26-13-11-24(3)12-14-26;/h5-8,18H,4,9-17H2,1-3H3,(H,22,23);1H. The van der Waals surface area contributed by atoms with Crippen LogP contribution < -0.4 is 5.32 Å². The van der Waals surface area contributed by atoms with Crippen molar-refractivity contribution in [2.45, 2.75) is 24.8 Å². The predicted octanol–water partition coefficient (Wildman–Crippen LogP) is 1.67. The summed E-state index contributed by atoms with van der Waals surface area (Å²) in [6.07, 6.45) is 1.08. The third-order valence-corrected chi connectivity index (χ3v) is 7.84. The maximum Gasteiger partial charge on any atom is 0.243 e. The van der Waals surface area contributed by atoms with Gasteiger partial charge in [-0.25, -0.2) is 8.42 Å². The lowest BCUT2D eigenvalue weighted by molar-refractivity contribution is 0.114. The fourth-order valence-electron chi connectivity index (χ4n) is 4.02. The molecule has 1 aromatic carbocycles. The Morgan fingerprint density at radius 3 is 2.58 bits per heavy atom. The van der Waals surface area contributed by atoms with Gasteiger partial charge in [0.15, 0.2) is 5.96 Å². The molecule has 0 spiro atoms. The highest BCUT2D eigenvalue weighted by molar-refractivity contribution is 14.0. The molecule has 0 aromatic heterocycles. The molecule has 2 saturated heterocycles. The number of benzene rings is 1. The van der Waals surface area contributed by atoms with Crippen molar-refractivity contribution in [3.05, 3.63) is 29.8 Å². The van der Waals surface area contributed by atoms with Gasteiger partial charge in [-0.3, -0.25) is 4.99 Å². The smallest absolute Gasteiger partial charge is 0.243 e. The Hall–Kier alpha value is -0.950. The van der Waals surface area contributed by atoms with Crippen LogP contribution in [0.5, 0.6) is 0 Å². The first-order valence-corrected chi connectivity index (χ1v) is 12.2. The van der Waals surface area contributed by atoms with Gasteiger partial charge in [-0.1, -0.05) is 18.2 Å². The first-order valence-electron chi connectivity index (χ1n) is 10.8. The number of guanidine groups is 1. The Morgan fingerprint density at radius 2 is 1.90 bits per heavy atom. The number of piperazine rings is 1. The summed E-state index contributed by atoms with van der Waals surface area (Å²) in [6.45, 7) is 8.34. The van der Waals surface area contributed by atoms with Gasteiger partial charge in [0.05, 0.1) is 11.5 Å². The molecule has 0 bridgehead atoms. The summed E-state index contributed by atoms with van der Waals surface area (Å²) in [5.41, 5.74) is 0.766. The van der Waals surface area contributed by atoms with E-state index in [1.54, 1.807) is 23.5 Å². The van der Waals surface area contributed by atoms with E-state index in [-0.39, 0.29) is 24.0 Å². The second-order valence-corrected chi connectivity index (χ2v) is 9.88. The molecule has 2 heterocycles. The van der Waals surface area contributed by atoms with Gasteiger partial charge in [-0.05, 0) is 32.0 Å². The van der Waals surface area contributed by atoms with Crippen molar-refractivity contribution in [3.8, 4) is 0 Å². The average Bonchev–Trinajstić information content (AvgIpc) is 3.22. The van der Waals surface area contributed by atoms with E-state index in [0.717, 1.165) is 57.3 Å². The molecule has 1 unspecified atom stereocenters. The third-order valence-electron chi connectivity index (χ3n) is 5.84. The number of nitrogens with zero attached hydrogens (tertiary/aromatic N) is 4. The van der Waals surface area contributed by atoms with Gasteiger partial charge < -0.3 is 19.9 Å². The largest absolute Gasteiger partial charge is 0.381 e. The van der Waals surface area contributed by atoms with Crippen LogP contribution in [0.1, 0.15) is 18.9 Å². The van der Waals surface area contributed by atoms with Crippen molar-refractivity contribution in [2.24, 2.45) is 10.9 Å². The first-order chi connectivity index (χ1) is 14.5. The monoisotopic (exact) mass is 565 g/mol. The summed E-state index contributed by atoms with van der Waals surface area (Å²) in [6, 6.07) is 7.27. The van der Waals surface area contributed by atoms with Crippen molar-refractivity contribution in [1.82, 2.24) is 19.4 Å². The molecule has 0 saturated carbocycles. The number of likely N-dealkylation sites (tertiary alicyclic amines) is 1. The molecule has 0 aliphatic carbocycles. The number of hydrogen-bond donors (Lipinski definition) is 1. The first kappa shape index (κ1) is 26.3. The van der Waals surface area contributed by atoms with Gasteiger partial charge >= 0.3 is 0 Å². The van der Waals surface area contributed by atoms with Crippen LogP contribution in [0.15, 0.2) is 34.2 Å². The maximum absolute atomic E-state index is 13.3. The number of sulfonamides is 1. The van der Waals surface area contributed by atoms with Gasteiger partial charge in [0.25, 0.3) is 0 Å². The maximum atomic E-state index is 13.3. The Morgan fingerprint density at radius 1 is 1.19 bits per heavy atom. The molecular formula is C21H36IN5O3S. The lowest BCUT2D eigenvalue weighted by atomic mass is 10.1. The van der Waals surface area contributed by atoms with Crippen LogP contribution in [-0.2, 0) is 21.3 Å². The van der Waals surface area contributed by atoms with Gasteiger partial charge in [0.1, 0.15) is 0 Å². The van der Waals surface area contributed by atoms with E-state index < -0.39 is 10.0 Å². The second kappa shape index (κ2) is 12.3. The molecule has 1 aromatic rings. The highest BCUT2D eigenvalue weighted by Crippen LogP contribution is 2.22. The van der Waals surface area contributed by atoms with Gasteiger partial charge in [0, 0.05) is 65.4 Å². The average molecular weight is 566 g/mol. The fourth-order valence-corrected chi connectivity index (χ4v) is 5.67. The Bertz CT molecular complexity index is 828. The van der Waals surface area contributed by atoms with E-state index in [0.29, 0.717) is 30.4 Å². The predicted molar refractivity (Wildman–Crippen MR) is 134 cm³/mol. The number of likely N-dealkylation sites (N-methyl/N-ethyl adjacent to an activating group) is 1. The molecular weight excluding hydrogens is 529 g/mol. The number of nitrogens with one attached hydrogen (secondary N) is 1. The lowest BCUT2D eigenvalue weighted by Gasteiger charge is -2.32. The summed E-state index contributed by atoms with van der Waals surface area (Å²) >= 11 is 0. The van der Waals surface area contributed by atoms with Gasteiger partial charge in [0.2, 0.25) is 10.0 Å². The van der Waals surface area contributed by atoms with Crippen molar-refractivity contribution in [2.75, 3.05) is 66.6 Å². The van der Waals surface area contributed by atoms with E-state index in [9.17, 15) is 8.42 Å². The zero-order valence-corrected chi connectivity index (χ0v) is 21.9. The molecule has 3 rings (SSSR count). The van der Waals surface area contributed by atoms with Crippen LogP contribution in [0.25, 0.3) is 0 Å². The highest BCUT2D eigenvalue weighted by Gasteiger charge is 2.30. The normalized spacial score (nSPS) is 21.2. The van der Waals surface area contributed by atoms with Crippen LogP contribution in [-0.4, -0.2) is 95.1 Å². The van der Waals surface area contributed by atoms with Crippen LogP contribution in [0, 0.1) is 5.92 Å². The molecule has 10 heteroatoms. The van der Waals surface area contributed by atoms with Crippen molar-refractivity contribution >= 4 is 40.0 Å². The molecule has 2 fully saturated rings. The zero-order chi connectivity index (χ0) is 21.6. The third kappa shape index (κ3) is 6.77. The van der Waals surface area contributed by atoms with Crippen molar-refractivity contribution in [3.63, 3.8) is 0 Å². The second-order valence-electron chi connectivity index (χ2n) is 7.98. The number of hydrogen-bond acceptors (Lipinski definition) is 5. The number of aliphatic imine (C=N–C) groups is 1. The number of rotatable bonds is 7. The fraction of sp³-hybridized carbons (Fsp3) is 0.667. The molecule has 1 atom stereocenters. The van der Waals surface area contributed by atoms with Gasteiger partial charge in [-0.2, -0.15) is 4.31 Å². The minimum atomic E-state index is -3.51. The summed E-state index contributed by atoms with van der Waals surface area (Å²) in [4.78, 5) is 9.17. The molecule has 2 aliphatic rings. The summed E-state index contributed by atoms with van der Waals surface area (Å²) < 4.78 is 33.7. The van der Waals surface area contributed by atoms with E-state index in [4.69, 9.17) is 4.74 Å². The number of ether oxygens (including phenoxy) is 1. The van der Waals surface area contributed by atoms with Gasteiger partial charge in [-0.15, -0.1) is 24.0 Å². The number of halogens is 1. The quantitative estimate of drug-likeness (QED) is 0.308. The van der Waals surface area contributed by atoms with Crippen LogP contribution in [0.4, 0.5) is 0 Å². The van der Waals surface area contributed by atoms with Crippen LogP contribution in [0.2, 0.25) is 0 Å². The van der Waals surface area contributed by atoms with E-state index in [2.05, 4.69) is 20.1 Å².